The summed E-state index contributed by atoms with van der Waals surface area (Å²) in [6, 6.07) is 5.28. The first-order chi connectivity index (χ1) is 32.9. The number of H-pyrrole nitrogens is 3. The minimum atomic E-state index is -1.20. The quantitative estimate of drug-likeness (QED) is 0.0450. The SMILES string of the molecule is CC(C)N(Cc1cc(B2OC(C)(C)C(C)(C)O2)n(COCC[Si](C)(C)C)n1)C(=O)OC(C)(C)C.CC(C)NCc1cc(-c2nc3nc[nH]n3c(=O)c2C(C)C)n[nH]1.CC(C)c1c(Cl)nc2nc[nH]n2c1=O. The fraction of sp³-hybridized carbons (Fsp3) is 0.638. The van der Waals surface area contributed by atoms with Crippen LogP contribution in [0.25, 0.3) is 22.9 Å². The van der Waals surface area contributed by atoms with E-state index in [0.29, 0.717) is 66.5 Å². The van der Waals surface area contributed by atoms with E-state index in [2.05, 4.69) is 79.1 Å². The monoisotopic (exact) mass is 1020 g/mol. The molecule has 0 aliphatic carbocycles. The molecule has 7 heterocycles. The van der Waals surface area contributed by atoms with Crippen LogP contribution in [0.5, 0.6) is 0 Å². The zero-order valence-electron chi connectivity index (χ0n) is 44.9. The Bertz CT molecular complexity index is 2830. The molecule has 7 rings (SSSR count). The van der Waals surface area contributed by atoms with E-state index in [0.717, 1.165) is 23.0 Å². The first-order valence-corrected chi connectivity index (χ1v) is 28.3. The van der Waals surface area contributed by atoms with E-state index >= 15 is 0 Å². The number of aromatic nitrogens is 12. The highest BCUT2D eigenvalue weighted by Gasteiger charge is 2.53. The number of hydrogen-bond acceptors (Lipinski definition) is 14. The largest absolute Gasteiger partial charge is 0.514 e. The van der Waals surface area contributed by atoms with Crippen LogP contribution in [0.4, 0.5) is 4.79 Å². The molecule has 1 amide bonds. The molecule has 1 aliphatic rings. The van der Waals surface area contributed by atoms with E-state index in [1.54, 1.807) is 9.58 Å². The number of amides is 1. The first-order valence-electron chi connectivity index (χ1n) is 24.2. The molecule has 0 bridgehead atoms. The number of aromatic amines is 3. The van der Waals surface area contributed by atoms with Gasteiger partial charge in [0.15, 0.2) is 0 Å². The Morgan fingerprint density at radius 3 is 1.97 bits per heavy atom. The normalized spacial score (nSPS) is 14.7. The summed E-state index contributed by atoms with van der Waals surface area (Å²) in [6.07, 6.45) is 2.50. The summed E-state index contributed by atoms with van der Waals surface area (Å²) in [4.78, 5) is 55.4. The highest BCUT2D eigenvalue weighted by molar-refractivity contribution is 6.76. The van der Waals surface area contributed by atoms with Gasteiger partial charge in [0.2, 0.25) is 0 Å². The Morgan fingerprint density at radius 1 is 0.887 bits per heavy atom. The van der Waals surface area contributed by atoms with E-state index in [9.17, 15) is 14.4 Å². The van der Waals surface area contributed by atoms with E-state index in [-0.39, 0.29) is 40.2 Å². The van der Waals surface area contributed by atoms with Crippen molar-refractivity contribution in [3.8, 4) is 11.4 Å². The van der Waals surface area contributed by atoms with Crippen molar-refractivity contribution in [2.75, 3.05) is 6.61 Å². The molecule has 0 spiro atoms. The number of nitrogens with zero attached hydrogens (tertiary/aromatic N) is 10. The van der Waals surface area contributed by atoms with Gasteiger partial charge in [-0.1, -0.05) is 72.8 Å². The zero-order chi connectivity index (χ0) is 53.0. The molecule has 24 heteroatoms. The number of halogens is 1. The second-order valence-electron chi connectivity index (χ2n) is 22.2. The third kappa shape index (κ3) is 14.5. The van der Waals surface area contributed by atoms with Crippen LogP contribution in [0.1, 0.15) is 138 Å². The summed E-state index contributed by atoms with van der Waals surface area (Å²) in [7, 11) is -1.77. The number of carbonyl (C=O) groups is 1. The molecule has 0 saturated carbocycles. The van der Waals surface area contributed by atoms with Crippen molar-refractivity contribution in [1.29, 1.82) is 0 Å². The summed E-state index contributed by atoms with van der Waals surface area (Å²) in [5, 5.41) is 21.1. The minimum absolute atomic E-state index is 0.0270. The van der Waals surface area contributed by atoms with Gasteiger partial charge in [-0.15, -0.1) is 0 Å². The van der Waals surface area contributed by atoms with Gasteiger partial charge >= 0.3 is 13.2 Å². The van der Waals surface area contributed by atoms with Crippen molar-refractivity contribution in [3.63, 3.8) is 0 Å². The summed E-state index contributed by atoms with van der Waals surface area (Å²) in [5.41, 5.74) is 3.03. The zero-order valence-corrected chi connectivity index (χ0v) is 46.7. The molecule has 1 fully saturated rings. The predicted octanol–water partition coefficient (Wildman–Crippen LogP) is 7.26. The average molecular weight is 1020 g/mol. The molecule has 0 unspecified atom stereocenters. The number of rotatable bonds is 15. The lowest BCUT2D eigenvalue weighted by Crippen LogP contribution is -2.41. The second kappa shape index (κ2) is 22.7. The number of hydrogen-bond donors (Lipinski definition) is 4. The van der Waals surface area contributed by atoms with E-state index < -0.39 is 32.0 Å². The van der Waals surface area contributed by atoms with E-state index in [4.69, 9.17) is 35.5 Å². The van der Waals surface area contributed by atoms with Gasteiger partial charge in [-0.2, -0.15) is 24.2 Å². The van der Waals surface area contributed by atoms with Gasteiger partial charge in [0, 0.05) is 44.6 Å². The lowest BCUT2D eigenvalue weighted by Gasteiger charge is -2.32. The summed E-state index contributed by atoms with van der Waals surface area (Å²) < 4.78 is 28.6. The van der Waals surface area contributed by atoms with Crippen molar-refractivity contribution in [2.45, 2.75) is 190 Å². The van der Waals surface area contributed by atoms with Gasteiger partial charge in [-0.05, 0) is 92.3 Å². The Morgan fingerprint density at radius 2 is 1.45 bits per heavy atom. The minimum Gasteiger partial charge on any atom is -0.444 e. The van der Waals surface area contributed by atoms with Gasteiger partial charge in [-0.25, -0.2) is 24.4 Å². The van der Waals surface area contributed by atoms with E-state index in [1.807, 2.05) is 102 Å². The first kappa shape index (κ1) is 56.7. The van der Waals surface area contributed by atoms with Crippen LogP contribution in [-0.2, 0) is 38.6 Å². The van der Waals surface area contributed by atoms with Crippen LogP contribution in [0.2, 0.25) is 30.8 Å². The highest BCUT2D eigenvalue weighted by Crippen LogP contribution is 2.36. The molecule has 71 heavy (non-hydrogen) atoms. The average Bonchev–Trinajstić information content (AvgIpc) is 4.08. The Hall–Kier alpha value is -5.20. The van der Waals surface area contributed by atoms with E-state index in [1.165, 1.54) is 21.7 Å². The van der Waals surface area contributed by atoms with Crippen molar-refractivity contribution >= 4 is 50.0 Å². The van der Waals surface area contributed by atoms with Crippen molar-refractivity contribution in [1.82, 2.24) is 69.4 Å². The fourth-order valence-corrected chi connectivity index (χ4v) is 8.24. The maximum absolute atomic E-state index is 12.8. The number of fused-ring (bicyclic) bond motifs is 2. The van der Waals surface area contributed by atoms with Crippen LogP contribution >= 0.6 is 11.6 Å². The molecule has 390 valence electrons. The van der Waals surface area contributed by atoms with Gasteiger partial charge < -0.3 is 24.1 Å². The smallest absolute Gasteiger partial charge is 0.444 e. The van der Waals surface area contributed by atoms with Crippen LogP contribution < -0.4 is 22.0 Å². The molecule has 6 aromatic rings. The molecule has 1 aliphatic heterocycles. The lowest BCUT2D eigenvalue weighted by molar-refractivity contribution is 0.00578. The predicted molar refractivity (Wildman–Crippen MR) is 279 cm³/mol. The van der Waals surface area contributed by atoms with Crippen molar-refractivity contribution in [2.24, 2.45) is 0 Å². The maximum atomic E-state index is 12.8. The van der Waals surface area contributed by atoms with Crippen LogP contribution in [0, 0.1) is 0 Å². The molecule has 0 aromatic carbocycles. The molecule has 21 nitrogen and oxygen atoms in total. The molecular formula is C47H76BClN14O7Si. The van der Waals surface area contributed by atoms with Crippen molar-refractivity contribution in [3.05, 3.63) is 73.2 Å². The second-order valence-corrected chi connectivity index (χ2v) is 28.1. The van der Waals surface area contributed by atoms with Crippen molar-refractivity contribution < 1.29 is 23.6 Å². The molecule has 4 N–H and O–H groups in total. The summed E-state index contributed by atoms with van der Waals surface area (Å²) in [5.74, 6) is 0.713. The third-order valence-corrected chi connectivity index (χ3v) is 13.8. The van der Waals surface area contributed by atoms with Crippen LogP contribution in [0.15, 0.2) is 34.4 Å². The summed E-state index contributed by atoms with van der Waals surface area (Å²) in [6.45, 7) is 38.5. The third-order valence-electron chi connectivity index (χ3n) is 11.8. The molecule has 1 saturated heterocycles. The Kier molecular flexibility index (Phi) is 18.1. The fourth-order valence-electron chi connectivity index (χ4n) is 7.11. The standard InChI is InChI=1S/C24H46BN3O5Si.C15H21N7O.C8H9ClN4O/c1-18(2)27(21(29)31-22(3,4)5)16-19-15-20(25-32-23(6,7)24(8,9)33-25)28(26-19)17-30-13-14-34(10,11)12;1-8(2)12-13(19-15-17-7-18-22(15)14(12)23)11-5-10(20-21-11)6-16-9(3)4;1-4(2)5-6(9)12-8-10-3-11-13(8)7(5)14/h15,18H,13-14,16-17H2,1-12H3;5,7-9,16H,6H2,1-4H3,(H,20,21)(H,17,18,19);3-4H,1-2H3,(H,10,11,12). The molecule has 0 atom stereocenters. The molecular weight excluding hydrogens is 947 g/mol. The summed E-state index contributed by atoms with van der Waals surface area (Å²) >= 11 is 5.88. The Labute approximate surface area is 422 Å². The van der Waals surface area contributed by atoms with Gasteiger partial charge in [0.05, 0.1) is 34.6 Å². The molecule has 6 aromatic heterocycles. The number of ether oxygens (including phenoxy) is 2. The lowest BCUT2D eigenvalue weighted by atomic mass is 9.84. The van der Waals surface area contributed by atoms with Gasteiger partial charge in [0.1, 0.15) is 41.5 Å². The van der Waals surface area contributed by atoms with Gasteiger partial charge in [0.25, 0.3) is 22.7 Å². The topological polar surface area (TPSA) is 242 Å². The van der Waals surface area contributed by atoms with Crippen LogP contribution in [0.3, 0.4) is 0 Å². The molecule has 0 radical (unpaired) electrons. The Balaban J connectivity index is 0.000000216. The van der Waals surface area contributed by atoms with Crippen LogP contribution in [-0.4, -0.2) is 121 Å². The maximum Gasteiger partial charge on any atom is 0.514 e. The van der Waals surface area contributed by atoms with Gasteiger partial charge in [-0.3, -0.25) is 29.8 Å². The highest BCUT2D eigenvalue weighted by atomic mass is 35.5. The number of carbonyl (C=O) groups excluding carboxylic acids is 1. The number of nitrogens with one attached hydrogen (secondary N) is 4.